The Kier molecular flexibility index (Phi) is 6.32. The van der Waals surface area contributed by atoms with Crippen LogP contribution in [0.1, 0.15) is 22.3 Å². The normalized spacial score (nSPS) is 11.4. The summed E-state index contributed by atoms with van der Waals surface area (Å²) >= 11 is 0. The number of hydrogen-bond donors (Lipinski definition) is 2. The van der Waals surface area contributed by atoms with E-state index < -0.39 is 16.0 Å². The van der Waals surface area contributed by atoms with Gasteiger partial charge in [0.2, 0.25) is 0 Å². The topological polar surface area (TPSA) is 110 Å². The zero-order chi connectivity index (χ0) is 23.4. The Hall–Kier alpha value is -3.85. The quantitative estimate of drug-likeness (QED) is 0.305. The number of H-pyrrole nitrogens is 1. The molecule has 0 bridgehead atoms. The molecule has 0 spiro atoms. The SMILES string of the molecule is Cc1ccc(NS(=O)(=O)c2ccc(C(=O)OCCCn3c(=O)[nH]c4ccccc43)cc2)cc1. The summed E-state index contributed by atoms with van der Waals surface area (Å²) in [6.07, 6.45) is 0.459. The van der Waals surface area contributed by atoms with Crippen LogP contribution < -0.4 is 10.4 Å². The van der Waals surface area contributed by atoms with Gasteiger partial charge in [-0.05, 0) is 61.9 Å². The third-order valence-corrected chi connectivity index (χ3v) is 6.54. The van der Waals surface area contributed by atoms with Crippen molar-refractivity contribution in [1.82, 2.24) is 9.55 Å². The first-order chi connectivity index (χ1) is 15.8. The second kappa shape index (κ2) is 9.33. The fourth-order valence-electron chi connectivity index (χ4n) is 3.41. The van der Waals surface area contributed by atoms with E-state index in [1.54, 1.807) is 16.7 Å². The average molecular weight is 466 g/mol. The molecule has 8 nitrogen and oxygen atoms in total. The van der Waals surface area contributed by atoms with E-state index in [9.17, 15) is 18.0 Å². The summed E-state index contributed by atoms with van der Waals surface area (Å²) in [6, 6.07) is 19.9. The van der Waals surface area contributed by atoms with E-state index in [4.69, 9.17) is 4.74 Å². The highest BCUT2D eigenvalue weighted by Gasteiger charge is 2.16. The standard InChI is InChI=1S/C24H23N3O5S/c1-17-7-11-19(12-8-17)26-33(30,31)20-13-9-18(10-14-20)23(28)32-16-4-15-27-22-6-3-2-5-21(22)25-24(27)29/h2-3,5-14,26H,4,15-16H2,1H3,(H,25,29). The highest BCUT2D eigenvalue weighted by atomic mass is 32.2. The van der Waals surface area contributed by atoms with Gasteiger partial charge in [0.1, 0.15) is 0 Å². The minimum atomic E-state index is -3.77. The molecule has 0 aliphatic rings. The lowest BCUT2D eigenvalue weighted by atomic mass is 10.2. The number of nitrogens with zero attached hydrogens (tertiary/aromatic N) is 1. The molecule has 0 fully saturated rings. The van der Waals surface area contributed by atoms with Crippen LogP contribution in [-0.4, -0.2) is 30.5 Å². The number of esters is 1. The minimum absolute atomic E-state index is 0.0401. The van der Waals surface area contributed by atoms with Crippen molar-refractivity contribution in [1.29, 1.82) is 0 Å². The van der Waals surface area contributed by atoms with Crippen molar-refractivity contribution in [3.63, 3.8) is 0 Å². The molecule has 9 heteroatoms. The van der Waals surface area contributed by atoms with E-state index in [1.807, 2.05) is 43.3 Å². The fraction of sp³-hybridized carbons (Fsp3) is 0.167. The lowest BCUT2D eigenvalue weighted by molar-refractivity contribution is 0.0496. The zero-order valence-corrected chi connectivity index (χ0v) is 18.8. The van der Waals surface area contributed by atoms with Gasteiger partial charge in [0.05, 0.1) is 28.1 Å². The van der Waals surface area contributed by atoms with Crippen LogP contribution >= 0.6 is 0 Å². The number of nitrogens with one attached hydrogen (secondary N) is 2. The number of rotatable bonds is 8. The molecule has 2 N–H and O–H groups in total. The van der Waals surface area contributed by atoms with Crippen LogP contribution in [-0.2, 0) is 21.3 Å². The number of anilines is 1. The number of aromatic amines is 1. The average Bonchev–Trinajstić information content (AvgIpc) is 3.13. The number of fused-ring (bicyclic) bond motifs is 1. The van der Waals surface area contributed by atoms with E-state index in [-0.39, 0.29) is 22.8 Å². The fourth-order valence-corrected chi connectivity index (χ4v) is 4.46. The zero-order valence-electron chi connectivity index (χ0n) is 17.9. The van der Waals surface area contributed by atoms with Crippen LogP contribution in [0.25, 0.3) is 11.0 Å². The molecule has 3 aromatic carbocycles. The Bertz CT molecular complexity index is 1440. The second-order valence-electron chi connectivity index (χ2n) is 7.58. The molecule has 1 aromatic heterocycles. The maximum Gasteiger partial charge on any atom is 0.338 e. The Balaban J connectivity index is 1.33. The minimum Gasteiger partial charge on any atom is -0.462 e. The van der Waals surface area contributed by atoms with Crippen LogP contribution in [0.5, 0.6) is 0 Å². The molecule has 0 saturated carbocycles. The van der Waals surface area contributed by atoms with Gasteiger partial charge in [0.15, 0.2) is 0 Å². The summed E-state index contributed by atoms with van der Waals surface area (Å²) in [4.78, 5) is 27.2. The number of hydrogen-bond acceptors (Lipinski definition) is 5. The largest absolute Gasteiger partial charge is 0.462 e. The van der Waals surface area contributed by atoms with Crippen LogP contribution in [0.15, 0.2) is 82.5 Å². The first kappa shape index (κ1) is 22.3. The number of carbonyl (C=O) groups is 1. The molecule has 4 aromatic rings. The van der Waals surface area contributed by atoms with Crippen molar-refractivity contribution >= 4 is 32.7 Å². The van der Waals surface area contributed by atoms with Crippen molar-refractivity contribution in [3.8, 4) is 0 Å². The van der Waals surface area contributed by atoms with Gasteiger partial charge in [-0.25, -0.2) is 18.0 Å². The molecule has 33 heavy (non-hydrogen) atoms. The molecule has 0 unspecified atom stereocenters. The number of carbonyl (C=O) groups excluding carboxylic acids is 1. The van der Waals surface area contributed by atoms with Gasteiger partial charge in [-0.2, -0.15) is 0 Å². The summed E-state index contributed by atoms with van der Waals surface area (Å²) in [5, 5.41) is 0. The van der Waals surface area contributed by atoms with Crippen LogP contribution in [0.2, 0.25) is 0 Å². The van der Waals surface area contributed by atoms with Gasteiger partial charge in [-0.15, -0.1) is 0 Å². The Morgan fingerprint density at radius 1 is 1.00 bits per heavy atom. The van der Waals surface area contributed by atoms with E-state index in [1.165, 1.54) is 24.3 Å². The lowest BCUT2D eigenvalue weighted by Crippen LogP contribution is -2.18. The number of imidazole rings is 1. The maximum atomic E-state index is 12.6. The van der Waals surface area contributed by atoms with Crippen LogP contribution in [0.4, 0.5) is 5.69 Å². The van der Waals surface area contributed by atoms with Gasteiger partial charge in [-0.1, -0.05) is 29.8 Å². The molecule has 0 aliphatic carbocycles. The highest BCUT2D eigenvalue weighted by Crippen LogP contribution is 2.17. The Morgan fingerprint density at radius 3 is 2.42 bits per heavy atom. The van der Waals surface area contributed by atoms with Crippen molar-refractivity contribution in [2.75, 3.05) is 11.3 Å². The van der Waals surface area contributed by atoms with E-state index >= 15 is 0 Å². The molecule has 0 atom stereocenters. The Morgan fingerprint density at radius 2 is 1.70 bits per heavy atom. The number of sulfonamides is 1. The number of aryl methyl sites for hydroxylation is 2. The second-order valence-corrected chi connectivity index (χ2v) is 9.27. The number of benzene rings is 3. The molecular weight excluding hydrogens is 442 g/mol. The van der Waals surface area contributed by atoms with Crippen molar-refractivity contribution in [2.45, 2.75) is 24.8 Å². The molecule has 0 amide bonds. The van der Waals surface area contributed by atoms with Gasteiger partial charge >= 0.3 is 11.7 Å². The molecule has 170 valence electrons. The lowest BCUT2D eigenvalue weighted by Gasteiger charge is -2.09. The molecular formula is C24H23N3O5S. The smallest absolute Gasteiger partial charge is 0.338 e. The number of aromatic nitrogens is 2. The first-order valence-electron chi connectivity index (χ1n) is 10.4. The summed E-state index contributed by atoms with van der Waals surface area (Å²) in [6.45, 7) is 2.44. The Labute approximate surface area is 190 Å². The molecule has 1 heterocycles. The molecule has 4 rings (SSSR count). The predicted octanol–water partition coefficient (Wildman–Crippen LogP) is 3.69. The van der Waals surface area contributed by atoms with Crippen LogP contribution in [0, 0.1) is 6.92 Å². The first-order valence-corrected chi connectivity index (χ1v) is 11.9. The molecule has 0 saturated heterocycles. The van der Waals surface area contributed by atoms with Crippen LogP contribution in [0.3, 0.4) is 0 Å². The third-order valence-electron chi connectivity index (χ3n) is 5.14. The van der Waals surface area contributed by atoms with Crippen molar-refractivity contribution in [3.05, 3.63) is 94.4 Å². The van der Waals surface area contributed by atoms with Crippen molar-refractivity contribution < 1.29 is 17.9 Å². The van der Waals surface area contributed by atoms with E-state index in [2.05, 4.69) is 9.71 Å². The monoisotopic (exact) mass is 465 g/mol. The maximum absolute atomic E-state index is 12.6. The predicted molar refractivity (Wildman–Crippen MR) is 126 cm³/mol. The summed E-state index contributed by atoms with van der Waals surface area (Å²) in [5.41, 5.74) is 3.07. The summed E-state index contributed by atoms with van der Waals surface area (Å²) in [5.74, 6) is -0.559. The van der Waals surface area contributed by atoms with Gasteiger partial charge in [0, 0.05) is 12.2 Å². The summed E-state index contributed by atoms with van der Waals surface area (Å²) < 4.78 is 34.5. The summed E-state index contributed by atoms with van der Waals surface area (Å²) in [7, 11) is -3.77. The van der Waals surface area contributed by atoms with Gasteiger partial charge in [-0.3, -0.25) is 9.29 Å². The number of ether oxygens (including phenoxy) is 1. The third kappa shape index (κ3) is 5.15. The van der Waals surface area contributed by atoms with Crippen molar-refractivity contribution in [2.24, 2.45) is 0 Å². The highest BCUT2D eigenvalue weighted by molar-refractivity contribution is 7.92. The molecule has 0 radical (unpaired) electrons. The van der Waals surface area contributed by atoms with Gasteiger partial charge < -0.3 is 9.72 Å². The molecule has 0 aliphatic heterocycles. The van der Waals surface area contributed by atoms with E-state index in [0.717, 1.165) is 16.6 Å². The number of para-hydroxylation sites is 2. The van der Waals surface area contributed by atoms with E-state index in [0.29, 0.717) is 18.7 Å². The van der Waals surface area contributed by atoms with Gasteiger partial charge in [0.25, 0.3) is 10.0 Å².